The van der Waals surface area contributed by atoms with Gasteiger partial charge in [-0.05, 0) is 12.8 Å². The summed E-state index contributed by atoms with van der Waals surface area (Å²) in [6, 6.07) is 0. The van der Waals surface area contributed by atoms with Crippen molar-refractivity contribution in [2.45, 2.75) is 37.8 Å². The van der Waals surface area contributed by atoms with Crippen molar-refractivity contribution in [3.63, 3.8) is 0 Å². The van der Waals surface area contributed by atoms with Gasteiger partial charge in [-0.3, -0.25) is 0 Å². The largest absolute Gasteiger partial charge is 0.376 e. The molecule has 1 aliphatic rings. The second-order valence-electron chi connectivity index (χ2n) is 4.01. The summed E-state index contributed by atoms with van der Waals surface area (Å²) in [5.74, 6) is 0.577. The van der Waals surface area contributed by atoms with Crippen LogP contribution in [-0.4, -0.2) is 22.3 Å². The quantitative estimate of drug-likeness (QED) is 0.793. The standard InChI is InChI=1S/C10H17N3O/c1-14-10(4-2-3-5-10)8-13-7-6-12-9(13)11/h6-7H,2-5,8H2,1H3,(H2,11,12). The second kappa shape index (κ2) is 3.61. The maximum Gasteiger partial charge on any atom is 0.200 e. The zero-order valence-electron chi connectivity index (χ0n) is 8.57. The van der Waals surface area contributed by atoms with E-state index < -0.39 is 0 Å². The highest BCUT2D eigenvalue weighted by Gasteiger charge is 2.34. The Hall–Kier alpha value is -1.03. The highest BCUT2D eigenvalue weighted by atomic mass is 16.5. The van der Waals surface area contributed by atoms with Gasteiger partial charge in [0.1, 0.15) is 0 Å². The van der Waals surface area contributed by atoms with Gasteiger partial charge in [0.2, 0.25) is 0 Å². The Morgan fingerprint density at radius 1 is 1.57 bits per heavy atom. The molecule has 2 rings (SSSR count). The fourth-order valence-electron chi connectivity index (χ4n) is 2.23. The van der Waals surface area contributed by atoms with E-state index in [0.717, 1.165) is 19.4 Å². The van der Waals surface area contributed by atoms with Gasteiger partial charge < -0.3 is 15.0 Å². The lowest BCUT2D eigenvalue weighted by Crippen LogP contribution is -2.33. The van der Waals surface area contributed by atoms with Gasteiger partial charge in [0.25, 0.3) is 0 Å². The number of imidazole rings is 1. The number of nitrogens with two attached hydrogens (primary N) is 1. The van der Waals surface area contributed by atoms with E-state index in [1.165, 1.54) is 12.8 Å². The van der Waals surface area contributed by atoms with Gasteiger partial charge in [-0.1, -0.05) is 12.8 Å². The van der Waals surface area contributed by atoms with Crippen molar-refractivity contribution in [1.29, 1.82) is 0 Å². The van der Waals surface area contributed by atoms with Crippen LogP contribution in [0.15, 0.2) is 12.4 Å². The normalized spacial score (nSPS) is 20.1. The third kappa shape index (κ3) is 1.62. The number of nitrogens with zero attached hydrogens (tertiary/aromatic N) is 2. The average molecular weight is 195 g/mol. The molecule has 0 saturated heterocycles. The molecule has 0 unspecified atom stereocenters. The first-order valence-electron chi connectivity index (χ1n) is 5.07. The highest BCUT2D eigenvalue weighted by Crippen LogP contribution is 2.34. The SMILES string of the molecule is COC1(Cn2ccnc2N)CCCC1. The van der Waals surface area contributed by atoms with Gasteiger partial charge in [0.05, 0.1) is 12.1 Å². The third-order valence-corrected chi connectivity index (χ3v) is 3.15. The predicted octanol–water partition coefficient (Wildman–Crippen LogP) is 1.42. The van der Waals surface area contributed by atoms with Crippen molar-refractivity contribution < 1.29 is 4.74 Å². The molecule has 0 amide bonds. The number of aromatic nitrogens is 2. The molecule has 1 aliphatic carbocycles. The van der Waals surface area contributed by atoms with Crippen LogP contribution >= 0.6 is 0 Å². The lowest BCUT2D eigenvalue weighted by atomic mass is 10.0. The van der Waals surface area contributed by atoms with Gasteiger partial charge >= 0.3 is 0 Å². The lowest BCUT2D eigenvalue weighted by molar-refractivity contribution is -0.0178. The summed E-state index contributed by atoms with van der Waals surface area (Å²) in [4.78, 5) is 4.01. The van der Waals surface area contributed by atoms with Crippen molar-refractivity contribution in [2.75, 3.05) is 12.8 Å². The Labute approximate surface area is 84.1 Å². The van der Waals surface area contributed by atoms with Gasteiger partial charge in [-0.15, -0.1) is 0 Å². The van der Waals surface area contributed by atoms with Crippen molar-refractivity contribution >= 4 is 5.95 Å². The molecule has 1 aromatic rings. The number of ether oxygens (including phenoxy) is 1. The topological polar surface area (TPSA) is 53.1 Å². The van der Waals surface area contributed by atoms with E-state index in [4.69, 9.17) is 10.5 Å². The summed E-state index contributed by atoms with van der Waals surface area (Å²) in [5.41, 5.74) is 5.72. The fourth-order valence-corrected chi connectivity index (χ4v) is 2.23. The first kappa shape index (κ1) is 9.52. The molecule has 0 spiro atoms. The number of rotatable bonds is 3. The minimum Gasteiger partial charge on any atom is -0.376 e. The average Bonchev–Trinajstić information content (AvgIpc) is 2.79. The van der Waals surface area contributed by atoms with E-state index in [9.17, 15) is 0 Å². The molecule has 2 N–H and O–H groups in total. The molecule has 1 heterocycles. The maximum atomic E-state index is 5.73. The highest BCUT2D eigenvalue weighted by molar-refractivity contribution is 5.17. The number of hydrogen-bond acceptors (Lipinski definition) is 3. The Kier molecular flexibility index (Phi) is 2.46. The molecule has 1 fully saturated rings. The smallest absolute Gasteiger partial charge is 0.200 e. The van der Waals surface area contributed by atoms with Crippen LogP contribution in [0.2, 0.25) is 0 Å². The summed E-state index contributed by atoms with van der Waals surface area (Å²) in [6.45, 7) is 0.829. The molecule has 0 bridgehead atoms. The molecule has 14 heavy (non-hydrogen) atoms. The van der Waals surface area contributed by atoms with Gasteiger partial charge in [-0.2, -0.15) is 0 Å². The Morgan fingerprint density at radius 2 is 2.29 bits per heavy atom. The molecule has 78 valence electrons. The van der Waals surface area contributed by atoms with Crippen LogP contribution in [0, 0.1) is 0 Å². The molecule has 4 nitrogen and oxygen atoms in total. The summed E-state index contributed by atoms with van der Waals surface area (Å²) >= 11 is 0. The zero-order valence-corrected chi connectivity index (χ0v) is 8.57. The third-order valence-electron chi connectivity index (χ3n) is 3.15. The number of nitrogen functional groups attached to an aromatic ring is 1. The molecular weight excluding hydrogens is 178 g/mol. The predicted molar refractivity (Wildman–Crippen MR) is 54.8 cm³/mol. The summed E-state index contributed by atoms with van der Waals surface area (Å²) in [6.07, 6.45) is 8.40. The van der Waals surface area contributed by atoms with E-state index in [1.807, 2.05) is 10.8 Å². The molecular formula is C10H17N3O. The minimum atomic E-state index is -0.00514. The maximum absolute atomic E-state index is 5.73. The first-order valence-corrected chi connectivity index (χ1v) is 5.07. The molecule has 0 aliphatic heterocycles. The van der Waals surface area contributed by atoms with Crippen LogP contribution < -0.4 is 5.73 Å². The number of methoxy groups -OCH3 is 1. The van der Waals surface area contributed by atoms with Crippen LogP contribution in [0.4, 0.5) is 5.95 Å². The Bertz CT molecular complexity index is 302. The Morgan fingerprint density at radius 3 is 2.79 bits per heavy atom. The van der Waals surface area contributed by atoms with Gasteiger partial charge in [-0.25, -0.2) is 4.98 Å². The summed E-state index contributed by atoms with van der Waals surface area (Å²) in [7, 11) is 1.79. The van der Waals surface area contributed by atoms with Crippen LogP contribution in [0.3, 0.4) is 0 Å². The fraction of sp³-hybridized carbons (Fsp3) is 0.700. The summed E-state index contributed by atoms with van der Waals surface area (Å²) < 4.78 is 7.59. The van der Waals surface area contributed by atoms with E-state index in [1.54, 1.807) is 13.3 Å². The van der Waals surface area contributed by atoms with Crippen LogP contribution in [0.5, 0.6) is 0 Å². The van der Waals surface area contributed by atoms with Crippen molar-refractivity contribution in [3.8, 4) is 0 Å². The molecule has 4 heteroatoms. The second-order valence-corrected chi connectivity index (χ2v) is 4.01. The van der Waals surface area contributed by atoms with Crippen molar-refractivity contribution in [3.05, 3.63) is 12.4 Å². The van der Waals surface area contributed by atoms with Crippen LogP contribution in [0.25, 0.3) is 0 Å². The summed E-state index contributed by atoms with van der Waals surface area (Å²) in [5, 5.41) is 0. The Balaban J connectivity index is 2.12. The molecule has 0 radical (unpaired) electrons. The zero-order chi connectivity index (χ0) is 10.0. The van der Waals surface area contributed by atoms with Crippen molar-refractivity contribution in [1.82, 2.24) is 9.55 Å². The number of anilines is 1. The van der Waals surface area contributed by atoms with Gasteiger partial charge in [0.15, 0.2) is 5.95 Å². The van der Waals surface area contributed by atoms with Gasteiger partial charge in [0, 0.05) is 19.5 Å². The molecule has 1 saturated carbocycles. The molecule has 0 aromatic carbocycles. The van der Waals surface area contributed by atoms with E-state index in [-0.39, 0.29) is 5.60 Å². The van der Waals surface area contributed by atoms with E-state index in [2.05, 4.69) is 4.98 Å². The van der Waals surface area contributed by atoms with E-state index >= 15 is 0 Å². The first-order chi connectivity index (χ1) is 6.76. The van der Waals surface area contributed by atoms with Crippen LogP contribution in [-0.2, 0) is 11.3 Å². The minimum absolute atomic E-state index is 0.00514. The lowest BCUT2D eigenvalue weighted by Gasteiger charge is -2.28. The van der Waals surface area contributed by atoms with Crippen LogP contribution in [0.1, 0.15) is 25.7 Å². The molecule has 0 atom stereocenters. The monoisotopic (exact) mass is 195 g/mol. The molecule has 1 aromatic heterocycles. The van der Waals surface area contributed by atoms with E-state index in [0.29, 0.717) is 5.95 Å². The number of hydrogen-bond donors (Lipinski definition) is 1. The van der Waals surface area contributed by atoms with Crippen molar-refractivity contribution in [2.24, 2.45) is 0 Å².